The van der Waals surface area contributed by atoms with Crippen LogP contribution >= 0.6 is 11.6 Å². The summed E-state index contributed by atoms with van der Waals surface area (Å²) in [6.45, 7) is 2.75. The van der Waals surface area contributed by atoms with Gasteiger partial charge in [-0.2, -0.15) is 0 Å². The third kappa shape index (κ3) is 3.34. The third-order valence-corrected chi connectivity index (χ3v) is 4.63. The molecule has 1 aliphatic rings. The van der Waals surface area contributed by atoms with Gasteiger partial charge in [-0.1, -0.05) is 55.5 Å². The lowest BCUT2D eigenvalue weighted by Crippen LogP contribution is -2.48. The van der Waals surface area contributed by atoms with Gasteiger partial charge in [0.05, 0.1) is 11.6 Å². The highest BCUT2D eigenvalue weighted by atomic mass is 35.5. The first-order valence-electron chi connectivity index (χ1n) is 7.58. The van der Waals surface area contributed by atoms with Crippen molar-refractivity contribution in [1.29, 1.82) is 0 Å². The summed E-state index contributed by atoms with van der Waals surface area (Å²) in [5, 5.41) is 0.749. The van der Waals surface area contributed by atoms with Crippen LogP contribution in [0, 0.1) is 0 Å². The van der Waals surface area contributed by atoms with E-state index in [-0.39, 0.29) is 11.6 Å². The van der Waals surface area contributed by atoms with Gasteiger partial charge in [0.1, 0.15) is 0 Å². The second-order valence-corrected chi connectivity index (χ2v) is 5.94. The Morgan fingerprint density at radius 2 is 1.90 bits per heavy atom. The second kappa shape index (κ2) is 7.41. The summed E-state index contributed by atoms with van der Waals surface area (Å²) in [5.41, 5.74) is 3.76. The molecular weight excluding hydrogens is 272 g/mol. The number of hydrazine groups is 1. The summed E-state index contributed by atoms with van der Waals surface area (Å²) in [6, 6.07) is 7.84. The fourth-order valence-electron chi connectivity index (χ4n) is 3.37. The van der Waals surface area contributed by atoms with E-state index >= 15 is 0 Å². The molecule has 1 aliphatic carbocycles. The number of nitrogens with one attached hydrogen (secondary N) is 1. The molecule has 0 heterocycles. The quantitative estimate of drug-likeness (QED) is 0.491. The van der Waals surface area contributed by atoms with Gasteiger partial charge in [-0.25, -0.2) is 0 Å². The summed E-state index contributed by atoms with van der Waals surface area (Å²) in [4.78, 5) is 0. The fourth-order valence-corrected chi connectivity index (χ4v) is 3.61. The van der Waals surface area contributed by atoms with Crippen molar-refractivity contribution in [3.63, 3.8) is 0 Å². The van der Waals surface area contributed by atoms with Crippen molar-refractivity contribution < 1.29 is 4.74 Å². The summed E-state index contributed by atoms with van der Waals surface area (Å²) < 4.78 is 6.21. The van der Waals surface area contributed by atoms with E-state index in [0.717, 1.165) is 23.4 Å². The van der Waals surface area contributed by atoms with Crippen LogP contribution in [0.25, 0.3) is 0 Å². The minimum Gasteiger partial charge on any atom is -0.373 e. The minimum absolute atomic E-state index is 0.0609. The molecule has 3 N–H and O–H groups in total. The average molecular weight is 297 g/mol. The molecule has 4 heteroatoms. The van der Waals surface area contributed by atoms with E-state index in [1.54, 1.807) is 0 Å². The van der Waals surface area contributed by atoms with Crippen LogP contribution in [0.4, 0.5) is 0 Å². The zero-order valence-electron chi connectivity index (χ0n) is 12.2. The lowest BCUT2D eigenvalue weighted by Gasteiger charge is -2.40. The molecule has 0 bridgehead atoms. The third-order valence-electron chi connectivity index (χ3n) is 4.29. The van der Waals surface area contributed by atoms with E-state index in [0.29, 0.717) is 6.61 Å². The van der Waals surface area contributed by atoms with E-state index < -0.39 is 0 Å². The molecule has 20 heavy (non-hydrogen) atoms. The topological polar surface area (TPSA) is 47.3 Å². The van der Waals surface area contributed by atoms with Crippen molar-refractivity contribution in [2.45, 2.75) is 57.1 Å². The molecule has 1 aromatic carbocycles. The van der Waals surface area contributed by atoms with Gasteiger partial charge < -0.3 is 4.74 Å². The van der Waals surface area contributed by atoms with E-state index in [4.69, 9.17) is 22.2 Å². The smallest absolute Gasteiger partial charge is 0.0889 e. The van der Waals surface area contributed by atoms with Gasteiger partial charge in [-0.3, -0.25) is 11.3 Å². The monoisotopic (exact) mass is 296 g/mol. The average Bonchev–Trinajstić information content (AvgIpc) is 2.69. The first kappa shape index (κ1) is 15.8. The highest BCUT2D eigenvalue weighted by Crippen LogP contribution is 2.42. The Bertz CT molecular complexity index is 417. The van der Waals surface area contributed by atoms with Gasteiger partial charge in [-0.05, 0) is 31.4 Å². The number of nitrogens with two attached hydrogens (primary N) is 1. The van der Waals surface area contributed by atoms with Crippen molar-refractivity contribution in [2.24, 2.45) is 5.84 Å². The second-order valence-electron chi connectivity index (χ2n) is 5.53. The summed E-state index contributed by atoms with van der Waals surface area (Å²) >= 11 is 6.37. The Morgan fingerprint density at radius 3 is 2.45 bits per heavy atom. The Kier molecular flexibility index (Phi) is 5.85. The van der Waals surface area contributed by atoms with Crippen molar-refractivity contribution in [3.8, 4) is 0 Å². The predicted molar refractivity (Wildman–Crippen MR) is 83.6 cm³/mol. The molecule has 0 saturated heterocycles. The Morgan fingerprint density at radius 1 is 1.25 bits per heavy atom. The zero-order valence-corrected chi connectivity index (χ0v) is 13.0. The molecule has 3 nitrogen and oxygen atoms in total. The molecule has 0 amide bonds. The maximum atomic E-state index is 6.37. The van der Waals surface area contributed by atoms with Crippen LogP contribution in [-0.2, 0) is 4.74 Å². The number of ether oxygens (including phenoxy) is 1. The normalized spacial score (nSPS) is 20.4. The molecule has 2 rings (SSSR count). The highest BCUT2D eigenvalue weighted by molar-refractivity contribution is 6.31. The zero-order chi connectivity index (χ0) is 14.4. The van der Waals surface area contributed by atoms with Gasteiger partial charge in [0.15, 0.2) is 0 Å². The van der Waals surface area contributed by atoms with E-state index in [9.17, 15) is 0 Å². The molecular formula is C16H25ClN2O. The maximum Gasteiger partial charge on any atom is 0.0889 e. The largest absolute Gasteiger partial charge is 0.373 e. The lowest BCUT2D eigenvalue weighted by molar-refractivity contribution is -0.0782. The van der Waals surface area contributed by atoms with Crippen LogP contribution in [0.5, 0.6) is 0 Å². The van der Waals surface area contributed by atoms with Crippen molar-refractivity contribution in [1.82, 2.24) is 5.43 Å². The van der Waals surface area contributed by atoms with Crippen molar-refractivity contribution in [3.05, 3.63) is 34.9 Å². The van der Waals surface area contributed by atoms with Crippen LogP contribution in [0.3, 0.4) is 0 Å². The number of benzene rings is 1. The number of halogens is 1. The van der Waals surface area contributed by atoms with Crippen LogP contribution in [0.2, 0.25) is 5.02 Å². The van der Waals surface area contributed by atoms with Gasteiger partial charge in [0.2, 0.25) is 0 Å². The van der Waals surface area contributed by atoms with Gasteiger partial charge in [0, 0.05) is 11.6 Å². The molecule has 0 spiro atoms. The predicted octanol–water partition coefficient (Wildman–Crippen LogP) is 3.97. The summed E-state index contributed by atoms with van der Waals surface area (Å²) in [6.07, 6.45) is 6.97. The Balaban J connectivity index is 2.36. The molecule has 0 aliphatic heterocycles. The maximum absolute atomic E-state index is 6.37. The highest BCUT2D eigenvalue weighted by Gasteiger charge is 2.41. The Hall–Kier alpha value is -0.610. The van der Waals surface area contributed by atoms with Crippen LogP contribution < -0.4 is 11.3 Å². The molecule has 0 radical (unpaired) electrons. The summed E-state index contributed by atoms with van der Waals surface area (Å²) in [5.74, 6) is 5.88. The molecule has 1 fully saturated rings. The Labute approximate surface area is 126 Å². The molecule has 1 unspecified atom stereocenters. The minimum atomic E-state index is -0.245. The van der Waals surface area contributed by atoms with Crippen LogP contribution in [0.15, 0.2) is 24.3 Å². The van der Waals surface area contributed by atoms with Crippen LogP contribution in [0.1, 0.15) is 57.1 Å². The lowest BCUT2D eigenvalue weighted by atomic mass is 9.82. The molecule has 1 saturated carbocycles. The standard InChI is InChI=1S/C16H25ClN2O/c1-2-20-16(11-7-3-4-8-12-16)15(19-18)13-9-5-6-10-14(13)17/h5-6,9-10,15,19H,2-4,7-8,11-12,18H2,1H3. The first-order chi connectivity index (χ1) is 9.73. The molecule has 112 valence electrons. The van der Waals surface area contributed by atoms with Crippen LogP contribution in [-0.4, -0.2) is 12.2 Å². The molecule has 0 aromatic heterocycles. The number of hydrogen-bond acceptors (Lipinski definition) is 3. The molecule has 1 atom stereocenters. The van der Waals surface area contributed by atoms with Gasteiger partial charge in [0.25, 0.3) is 0 Å². The number of rotatable bonds is 5. The fraction of sp³-hybridized carbons (Fsp3) is 0.625. The SMILES string of the molecule is CCOC1(C(NN)c2ccccc2Cl)CCCCCC1. The van der Waals surface area contributed by atoms with E-state index in [1.165, 1.54) is 25.7 Å². The van der Waals surface area contributed by atoms with E-state index in [2.05, 4.69) is 5.43 Å². The van der Waals surface area contributed by atoms with Gasteiger partial charge in [-0.15, -0.1) is 0 Å². The van der Waals surface area contributed by atoms with E-state index in [1.807, 2.05) is 31.2 Å². The molecule has 1 aromatic rings. The first-order valence-corrected chi connectivity index (χ1v) is 7.96. The van der Waals surface area contributed by atoms with Gasteiger partial charge >= 0.3 is 0 Å². The number of hydrogen-bond donors (Lipinski definition) is 2. The van der Waals surface area contributed by atoms with Crippen molar-refractivity contribution in [2.75, 3.05) is 6.61 Å². The summed E-state index contributed by atoms with van der Waals surface area (Å²) in [7, 11) is 0. The van der Waals surface area contributed by atoms with Crippen molar-refractivity contribution >= 4 is 11.6 Å².